The first-order chi connectivity index (χ1) is 9.13. The zero-order chi connectivity index (χ0) is 13.8. The van der Waals surface area contributed by atoms with Gasteiger partial charge in [0.2, 0.25) is 0 Å². The van der Waals surface area contributed by atoms with E-state index in [1.807, 2.05) is 6.92 Å². The van der Waals surface area contributed by atoms with Gasteiger partial charge in [-0.05, 0) is 38.3 Å². The number of hydrogen-bond donors (Lipinski definition) is 1. The van der Waals surface area contributed by atoms with Crippen molar-refractivity contribution < 1.29 is 14.6 Å². The summed E-state index contributed by atoms with van der Waals surface area (Å²) in [5, 5.41) is 9.99. The summed E-state index contributed by atoms with van der Waals surface area (Å²) < 4.78 is 5.60. The van der Waals surface area contributed by atoms with E-state index in [1.54, 1.807) is 30.0 Å². The van der Waals surface area contributed by atoms with E-state index in [9.17, 15) is 9.90 Å². The van der Waals surface area contributed by atoms with Crippen LogP contribution in [0.25, 0.3) is 0 Å². The minimum absolute atomic E-state index is 0.0889. The van der Waals surface area contributed by atoms with Crippen LogP contribution in [0.15, 0.2) is 18.2 Å². The minimum Gasteiger partial charge on any atom is -0.507 e. The van der Waals surface area contributed by atoms with Gasteiger partial charge in [-0.15, -0.1) is 0 Å². The van der Waals surface area contributed by atoms with Crippen LogP contribution in [0.1, 0.15) is 35.7 Å². The Morgan fingerprint density at radius 3 is 3.05 bits per heavy atom. The molecule has 104 valence electrons. The minimum atomic E-state index is -0.106. The number of phenolic OH excluding ortho intramolecular Hbond substituents is 1. The molecule has 1 amide bonds. The molecule has 1 heterocycles. The Labute approximate surface area is 114 Å². The Balaban J connectivity index is 2.12. The predicted octanol–water partition coefficient (Wildman–Crippen LogP) is 2.34. The first-order valence-corrected chi connectivity index (χ1v) is 6.83. The molecule has 1 unspecified atom stereocenters. The van der Waals surface area contributed by atoms with Crippen molar-refractivity contribution in [2.24, 2.45) is 0 Å². The molecule has 4 nitrogen and oxygen atoms in total. The lowest BCUT2D eigenvalue weighted by atomic mass is 10.0. The van der Waals surface area contributed by atoms with Gasteiger partial charge in [0.05, 0.1) is 11.7 Å². The third kappa shape index (κ3) is 3.07. The monoisotopic (exact) mass is 263 g/mol. The molecule has 1 atom stereocenters. The highest BCUT2D eigenvalue weighted by Crippen LogP contribution is 2.24. The van der Waals surface area contributed by atoms with E-state index in [2.05, 4.69) is 0 Å². The number of piperidine rings is 1. The number of aromatic hydroxyl groups is 1. The van der Waals surface area contributed by atoms with Crippen molar-refractivity contribution in [2.45, 2.75) is 32.8 Å². The van der Waals surface area contributed by atoms with Crippen LogP contribution >= 0.6 is 0 Å². The van der Waals surface area contributed by atoms with E-state index in [0.717, 1.165) is 24.9 Å². The highest BCUT2D eigenvalue weighted by atomic mass is 16.5. The van der Waals surface area contributed by atoms with Crippen LogP contribution in [0.4, 0.5) is 0 Å². The molecule has 1 aromatic rings. The summed E-state index contributed by atoms with van der Waals surface area (Å²) in [5.41, 5.74) is 1.11. The molecule has 0 saturated carbocycles. The molecule has 0 aliphatic carbocycles. The highest BCUT2D eigenvalue weighted by molar-refractivity contribution is 5.97. The van der Waals surface area contributed by atoms with Crippen molar-refractivity contribution in [1.29, 1.82) is 0 Å². The lowest BCUT2D eigenvalue weighted by Crippen LogP contribution is -2.43. The maximum atomic E-state index is 12.4. The summed E-state index contributed by atoms with van der Waals surface area (Å²) in [6.45, 7) is 5.77. The van der Waals surface area contributed by atoms with Crippen LogP contribution in [0, 0.1) is 6.92 Å². The summed E-state index contributed by atoms with van der Waals surface area (Å²) in [4.78, 5) is 14.2. The summed E-state index contributed by atoms with van der Waals surface area (Å²) in [6, 6.07) is 5.27. The fourth-order valence-electron chi connectivity index (χ4n) is 2.50. The van der Waals surface area contributed by atoms with Gasteiger partial charge in [0.1, 0.15) is 5.75 Å². The zero-order valence-electron chi connectivity index (χ0n) is 11.6. The Kier molecular flexibility index (Phi) is 4.43. The van der Waals surface area contributed by atoms with Crippen molar-refractivity contribution in [3.05, 3.63) is 29.3 Å². The van der Waals surface area contributed by atoms with Gasteiger partial charge in [0.25, 0.3) is 5.91 Å². The lowest BCUT2D eigenvalue weighted by Gasteiger charge is -2.32. The number of likely N-dealkylation sites (tertiary alicyclic amines) is 1. The van der Waals surface area contributed by atoms with Crippen LogP contribution in [-0.2, 0) is 4.74 Å². The van der Waals surface area contributed by atoms with Gasteiger partial charge < -0.3 is 14.7 Å². The molecule has 1 aliphatic heterocycles. The molecular weight excluding hydrogens is 242 g/mol. The van der Waals surface area contributed by atoms with Gasteiger partial charge in [-0.2, -0.15) is 0 Å². The van der Waals surface area contributed by atoms with E-state index < -0.39 is 0 Å². The van der Waals surface area contributed by atoms with Gasteiger partial charge in [0.15, 0.2) is 0 Å². The molecule has 4 heteroatoms. The lowest BCUT2D eigenvalue weighted by molar-refractivity contribution is 0.00713. The second-order valence-electron chi connectivity index (χ2n) is 4.94. The zero-order valence-corrected chi connectivity index (χ0v) is 11.6. The van der Waals surface area contributed by atoms with Crippen LogP contribution in [0.2, 0.25) is 0 Å². The molecule has 0 radical (unpaired) electrons. The van der Waals surface area contributed by atoms with E-state index in [0.29, 0.717) is 18.7 Å². The van der Waals surface area contributed by atoms with Gasteiger partial charge in [-0.3, -0.25) is 4.79 Å². The SMILES string of the molecule is CCOC1CCCN(C(=O)c2cccc(C)c2O)C1. The number of benzene rings is 1. The fourth-order valence-corrected chi connectivity index (χ4v) is 2.50. The quantitative estimate of drug-likeness (QED) is 0.910. The van der Waals surface area contributed by atoms with Crippen molar-refractivity contribution in [2.75, 3.05) is 19.7 Å². The van der Waals surface area contributed by atoms with Gasteiger partial charge in [-0.1, -0.05) is 12.1 Å². The van der Waals surface area contributed by atoms with E-state index in [4.69, 9.17) is 4.74 Å². The second kappa shape index (κ2) is 6.06. The number of amides is 1. The normalized spacial score (nSPS) is 19.5. The number of carbonyl (C=O) groups is 1. The number of carbonyl (C=O) groups excluding carboxylic acids is 1. The van der Waals surface area contributed by atoms with Crippen molar-refractivity contribution in [1.82, 2.24) is 4.90 Å². The summed E-state index contributed by atoms with van der Waals surface area (Å²) in [7, 11) is 0. The second-order valence-corrected chi connectivity index (χ2v) is 4.94. The third-order valence-electron chi connectivity index (χ3n) is 3.54. The third-order valence-corrected chi connectivity index (χ3v) is 3.54. The number of phenols is 1. The number of rotatable bonds is 3. The maximum Gasteiger partial charge on any atom is 0.257 e. The van der Waals surface area contributed by atoms with E-state index in [1.165, 1.54) is 0 Å². The standard InChI is InChI=1S/C15H21NO3/c1-3-19-12-7-5-9-16(10-12)15(18)13-8-4-6-11(2)14(13)17/h4,6,8,12,17H,3,5,7,9-10H2,1-2H3. The van der Waals surface area contributed by atoms with Crippen LogP contribution in [-0.4, -0.2) is 41.7 Å². The van der Waals surface area contributed by atoms with Gasteiger partial charge in [-0.25, -0.2) is 0 Å². The first kappa shape index (κ1) is 13.9. The Morgan fingerprint density at radius 1 is 1.53 bits per heavy atom. The molecule has 0 aromatic heterocycles. The number of ether oxygens (including phenoxy) is 1. The molecular formula is C15H21NO3. The molecule has 2 rings (SSSR count). The van der Waals surface area contributed by atoms with Crippen molar-refractivity contribution in [3.63, 3.8) is 0 Å². The van der Waals surface area contributed by atoms with Crippen LogP contribution < -0.4 is 0 Å². The molecule has 0 spiro atoms. The fraction of sp³-hybridized carbons (Fsp3) is 0.533. The molecule has 1 aliphatic rings. The van der Waals surface area contributed by atoms with Crippen LogP contribution in [0.3, 0.4) is 0 Å². The topological polar surface area (TPSA) is 49.8 Å². The smallest absolute Gasteiger partial charge is 0.257 e. The maximum absolute atomic E-state index is 12.4. The van der Waals surface area contributed by atoms with E-state index >= 15 is 0 Å². The van der Waals surface area contributed by atoms with Crippen LogP contribution in [0.5, 0.6) is 5.75 Å². The predicted molar refractivity (Wildman–Crippen MR) is 73.4 cm³/mol. The van der Waals surface area contributed by atoms with Gasteiger partial charge in [0, 0.05) is 19.7 Å². The largest absolute Gasteiger partial charge is 0.507 e. The Hall–Kier alpha value is -1.55. The van der Waals surface area contributed by atoms with E-state index in [-0.39, 0.29) is 17.8 Å². The summed E-state index contributed by atoms with van der Waals surface area (Å²) >= 11 is 0. The molecule has 0 bridgehead atoms. The first-order valence-electron chi connectivity index (χ1n) is 6.83. The molecule has 1 saturated heterocycles. The number of aryl methyl sites for hydroxylation is 1. The molecule has 19 heavy (non-hydrogen) atoms. The molecule has 1 aromatic carbocycles. The molecule has 1 fully saturated rings. The summed E-state index contributed by atoms with van der Waals surface area (Å²) in [6.07, 6.45) is 2.06. The average Bonchev–Trinajstić information content (AvgIpc) is 2.42. The molecule has 1 N–H and O–H groups in total. The highest BCUT2D eigenvalue weighted by Gasteiger charge is 2.26. The summed E-state index contributed by atoms with van der Waals surface area (Å²) in [5.74, 6) is -0.0170. The Bertz CT molecular complexity index is 457. The average molecular weight is 263 g/mol. The number of hydrogen-bond acceptors (Lipinski definition) is 3. The number of para-hydroxylation sites is 1. The van der Waals surface area contributed by atoms with Crippen molar-refractivity contribution in [3.8, 4) is 5.75 Å². The number of nitrogens with zero attached hydrogens (tertiary/aromatic N) is 1. The van der Waals surface area contributed by atoms with Crippen molar-refractivity contribution >= 4 is 5.91 Å². The van der Waals surface area contributed by atoms with Gasteiger partial charge >= 0.3 is 0 Å². The Morgan fingerprint density at radius 2 is 2.32 bits per heavy atom.